The number of nitrogens with one attached hydrogen (secondary N) is 1. The molecule has 0 spiro atoms. The maximum Gasteiger partial charge on any atom is 0.326 e. The molecule has 2 aromatic rings. The van der Waals surface area contributed by atoms with E-state index in [0.717, 1.165) is 5.56 Å². The number of amides is 1. The summed E-state index contributed by atoms with van der Waals surface area (Å²) in [6, 6.07) is 12.0. The van der Waals surface area contributed by atoms with Gasteiger partial charge in [0.05, 0.1) is 4.92 Å². The highest BCUT2D eigenvalue weighted by Gasteiger charge is 2.24. The van der Waals surface area contributed by atoms with Crippen LogP contribution in [0.4, 0.5) is 5.69 Å². The fraction of sp³-hybridized carbons (Fsp3) is 0.263. The van der Waals surface area contributed by atoms with Gasteiger partial charge in [-0.05, 0) is 17.5 Å². The average molecular weight is 356 g/mol. The molecule has 1 atom stereocenters. The minimum atomic E-state index is -1.17. The lowest BCUT2D eigenvalue weighted by Gasteiger charge is -2.15. The van der Waals surface area contributed by atoms with Gasteiger partial charge in [-0.25, -0.2) is 4.79 Å². The van der Waals surface area contributed by atoms with Gasteiger partial charge in [0.2, 0.25) is 0 Å². The first kappa shape index (κ1) is 19.1. The van der Waals surface area contributed by atoms with Crippen LogP contribution in [-0.4, -0.2) is 27.9 Å². The van der Waals surface area contributed by atoms with E-state index in [0.29, 0.717) is 5.56 Å². The Bertz CT molecular complexity index is 818. The molecular formula is C19H20N2O5. The van der Waals surface area contributed by atoms with Crippen LogP contribution in [0.5, 0.6) is 0 Å². The van der Waals surface area contributed by atoms with E-state index < -0.39 is 22.8 Å². The van der Waals surface area contributed by atoms with Crippen molar-refractivity contribution in [1.29, 1.82) is 0 Å². The normalized spacial score (nSPS) is 11.8. The number of aliphatic carboxylic acids is 1. The quantitative estimate of drug-likeness (QED) is 0.585. The van der Waals surface area contributed by atoms with Crippen LogP contribution in [0.3, 0.4) is 0 Å². The van der Waals surface area contributed by atoms with E-state index in [-0.39, 0.29) is 23.6 Å². The van der Waals surface area contributed by atoms with Gasteiger partial charge in [0.1, 0.15) is 6.04 Å². The number of rotatable bonds is 7. The predicted octanol–water partition coefficient (Wildman–Crippen LogP) is 3.14. The predicted molar refractivity (Wildman–Crippen MR) is 96.2 cm³/mol. The van der Waals surface area contributed by atoms with Crippen molar-refractivity contribution in [2.75, 3.05) is 0 Å². The molecule has 0 fully saturated rings. The molecular weight excluding hydrogens is 336 g/mol. The molecule has 0 saturated carbocycles. The molecule has 1 unspecified atom stereocenters. The SMILES string of the molecule is CC(C)c1ccc(C(=O)NC(Cc2ccccc2)C(=O)O)cc1[N+](=O)[O-]. The summed E-state index contributed by atoms with van der Waals surface area (Å²) in [5.74, 6) is -1.90. The summed E-state index contributed by atoms with van der Waals surface area (Å²) >= 11 is 0. The van der Waals surface area contributed by atoms with Crippen LogP contribution in [0.15, 0.2) is 48.5 Å². The van der Waals surface area contributed by atoms with Crippen molar-refractivity contribution >= 4 is 17.6 Å². The second-order valence-corrected chi connectivity index (χ2v) is 6.24. The van der Waals surface area contributed by atoms with Crippen LogP contribution in [0, 0.1) is 10.1 Å². The number of nitro groups is 1. The first-order valence-electron chi connectivity index (χ1n) is 8.15. The Labute approximate surface area is 150 Å². The molecule has 26 heavy (non-hydrogen) atoms. The summed E-state index contributed by atoms with van der Waals surface area (Å²) < 4.78 is 0. The Hall–Kier alpha value is -3.22. The molecule has 0 aromatic heterocycles. The average Bonchev–Trinajstić information content (AvgIpc) is 2.61. The number of nitro benzene ring substituents is 1. The molecule has 2 N–H and O–H groups in total. The van der Waals surface area contributed by atoms with E-state index in [4.69, 9.17) is 0 Å². The van der Waals surface area contributed by atoms with Gasteiger partial charge in [-0.1, -0.05) is 50.2 Å². The lowest BCUT2D eigenvalue weighted by molar-refractivity contribution is -0.385. The fourth-order valence-electron chi connectivity index (χ4n) is 2.62. The molecule has 0 saturated heterocycles. The Morgan fingerprint density at radius 2 is 1.81 bits per heavy atom. The highest BCUT2D eigenvalue weighted by atomic mass is 16.6. The molecule has 2 aromatic carbocycles. The third-order valence-corrected chi connectivity index (χ3v) is 4.00. The molecule has 0 bridgehead atoms. The molecule has 7 nitrogen and oxygen atoms in total. The largest absolute Gasteiger partial charge is 0.480 e. The maximum atomic E-state index is 12.4. The first-order chi connectivity index (χ1) is 12.3. The minimum Gasteiger partial charge on any atom is -0.480 e. The Kier molecular flexibility index (Phi) is 6.06. The van der Waals surface area contributed by atoms with Crippen LogP contribution >= 0.6 is 0 Å². The summed E-state index contributed by atoms with van der Waals surface area (Å²) in [6.07, 6.45) is 0.119. The number of nitrogens with zero attached hydrogens (tertiary/aromatic N) is 1. The number of hydrogen-bond acceptors (Lipinski definition) is 4. The van der Waals surface area contributed by atoms with E-state index >= 15 is 0 Å². The van der Waals surface area contributed by atoms with Gasteiger partial charge in [0.15, 0.2) is 0 Å². The number of benzene rings is 2. The monoisotopic (exact) mass is 356 g/mol. The van der Waals surface area contributed by atoms with Gasteiger partial charge in [-0.3, -0.25) is 14.9 Å². The van der Waals surface area contributed by atoms with E-state index in [1.807, 2.05) is 19.9 Å². The summed E-state index contributed by atoms with van der Waals surface area (Å²) in [7, 11) is 0. The summed E-state index contributed by atoms with van der Waals surface area (Å²) in [6.45, 7) is 3.64. The zero-order chi connectivity index (χ0) is 19.3. The molecule has 0 aliphatic heterocycles. The fourth-order valence-corrected chi connectivity index (χ4v) is 2.62. The molecule has 1 amide bonds. The van der Waals surface area contributed by atoms with Crippen molar-refractivity contribution in [2.45, 2.75) is 32.2 Å². The highest BCUT2D eigenvalue weighted by Crippen LogP contribution is 2.27. The third-order valence-electron chi connectivity index (χ3n) is 4.00. The highest BCUT2D eigenvalue weighted by molar-refractivity contribution is 5.97. The lowest BCUT2D eigenvalue weighted by atomic mass is 9.99. The van der Waals surface area contributed by atoms with E-state index in [9.17, 15) is 24.8 Å². The van der Waals surface area contributed by atoms with Crippen molar-refractivity contribution in [3.05, 3.63) is 75.3 Å². The number of hydrogen-bond donors (Lipinski definition) is 2. The van der Waals surface area contributed by atoms with Crippen LogP contribution in [-0.2, 0) is 11.2 Å². The number of carboxylic acids is 1. The van der Waals surface area contributed by atoms with Gasteiger partial charge < -0.3 is 10.4 Å². The second-order valence-electron chi connectivity index (χ2n) is 6.24. The van der Waals surface area contributed by atoms with Crippen molar-refractivity contribution in [2.24, 2.45) is 0 Å². The Balaban J connectivity index is 2.22. The van der Waals surface area contributed by atoms with Crippen LogP contribution in [0.25, 0.3) is 0 Å². The number of carboxylic acid groups (broad SMARTS) is 1. The minimum absolute atomic E-state index is 0.0559. The zero-order valence-corrected chi connectivity index (χ0v) is 14.5. The molecule has 0 radical (unpaired) electrons. The van der Waals surface area contributed by atoms with Crippen LogP contribution < -0.4 is 5.32 Å². The van der Waals surface area contributed by atoms with E-state index in [2.05, 4.69) is 5.32 Å². The second kappa shape index (κ2) is 8.24. The molecule has 0 aliphatic rings. The van der Waals surface area contributed by atoms with Crippen molar-refractivity contribution in [3.63, 3.8) is 0 Å². The number of carbonyl (C=O) groups is 2. The Morgan fingerprint density at radius 3 is 2.35 bits per heavy atom. The lowest BCUT2D eigenvalue weighted by Crippen LogP contribution is -2.42. The first-order valence-corrected chi connectivity index (χ1v) is 8.15. The maximum absolute atomic E-state index is 12.4. The topological polar surface area (TPSA) is 110 Å². The third kappa shape index (κ3) is 4.66. The molecule has 2 rings (SSSR count). The summed E-state index contributed by atoms with van der Waals surface area (Å²) in [4.78, 5) is 34.6. The van der Waals surface area contributed by atoms with Gasteiger partial charge in [0, 0.05) is 23.6 Å². The standard InChI is InChI=1S/C19H20N2O5/c1-12(2)15-9-8-14(11-17(15)21(25)26)18(22)20-16(19(23)24)10-13-6-4-3-5-7-13/h3-9,11-12,16H,10H2,1-2H3,(H,20,22)(H,23,24). The van der Waals surface area contributed by atoms with Gasteiger partial charge in [-0.2, -0.15) is 0 Å². The van der Waals surface area contributed by atoms with Crippen molar-refractivity contribution in [3.8, 4) is 0 Å². The molecule has 0 heterocycles. The summed E-state index contributed by atoms with van der Waals surface area (Å²) in [5.41, 5.74) is 1.19. The molecule has 7 heteroatoms. The van der Waals surface area contributed by atoms with Crippen molar-refractivity contribution in [1.82, 2.24) is 5.32 Å². The van der Waals surface area contributed by atoms with E-state index in [1.165, 1.54) is 18.2 Å². The number of carbonyl (C=O) groups excluding carboxylic acids is 1. The van der Waals surface area contributed by atoms with Gasteiger partial charge in [-0.15, -0.1) is 0 Å². The zero-order valence-electron chi connectivity index (χ0n) is 14.5. The molecule has 136 valence electrons. The van der Waals surface area contributed by atoms with Crippen molar-refractivity contribution < 1.29 is 19.6 Å². The summed E-state index contributed by atoms with van der Waals surface area (Å²) in [5, 5.41) is 23.1. The van der Waals surface area contributed by atoms with Gasteiger partial charge >= 0.3 is 5.97 Å². The van der Waals surface area contributed by atoms with Gasteiger partial charge in [0.25, 0.3) is 11.6 Å². The van der Waals surface area contributed by atoms with E-state index in [1.54, 1.807) is 24.3 Å². The molecule has 0 aliphatic carbocycles. The van der Waals surface area contributed by atoms with Crippen LogP contribution in [0.2, 0.25) is 0 Å². The Morgan fingerprint density at radius 1 is 1.15 bits per heavy atom. The smallest absolute Gasteiger partial charge is 0.326 e. The van der Waals surface area contributed by atoms with Crippen LogP contribution in [0.1, 0.15) is 41.3 Å².